The maximum Gasteiger partial charge on any atom is 0.257 e. The number of amides is 2. The van der Waals surface area contributed by atoms with Crippen molar-refractivity contribution in [3.8, 4) is 0 Å². The van der Waals surface area contributed by atoms with E-state index in [2.05, 4.69) is 20.5 Å². The van der Waals surface area contributed by atoms with E-state index in [-0.39, 0.29) is 23.8 Å². The van der Waals surface area contributed by atoms with Crippen LogP contribution in [-0.4, -0.2) is 35.9 Å². The number of carbonyl (C=O) groups is 2. The molecule has 1 aliphatic heterocycles. The van der Waals surface area contributed by atoms with Crippen molar-refractivity contribution in [3.05, 3.63) is 53.7 Å². The van der Waals surface area contributed by atoms with Crippen molar-refractivity contribution in [1.82, 2.24) is 10.3 Å². The van der Waals surface area contributed by atoms with E-state index in [4.69, 9.17) is 0 Å². The van der Waals surface area contributed by atoms with Gasteiger partial charge in [0.2, 0.25) is 5.91 Å². The standard InChI is InChI=1S/C22H28N4O2/c1-15(2)21(27)25-19-5-4-12-26(14-19)20-11-8-17(13-23-20)22(28)24-18-9-6-16(3)7-10-18/h6-11,13,15,19H,4-5,12,14H2,1-3H3,(H,24,28)(H,25,27). The molecule has 1 fully saturated rings. The van der Waals surface area contributed by atoms with Gasteiger partial charge >= 0.3 is 0 Å². The minimum atomic E-state index is -0.177. The summed E-state index contributed by atoms with van der Waals surface area (Å²) < 4.78 is 0. The molecule has 0 radical (unpaired) electrons. The molecule has 1 aromatic carbocycles. The van der Waals surface area contributed by atoms with E-state index in [9.17, 15) is 9.59 Å². The molecule has 0 spiro atoms. The van der Waals surface area contributed by atoms with Crippen molar-refractivity contribution in [3.63, 3.8) is 0 Å². The smallest absolute Gasteiger partial charge is 0.257 e. The van der Waals surface area contributed by atoms with E-state index in [1.165, 1.54) is 0 Å². The van der Waals surface area contributed by atoms with E-state index < -0.39 is 0 Å². The number of hydrogen-bond donors (Lipinski definition) is 2. The third-order valence-electron chi connectivity index (χ3n) is 4.94. The summed E-state index contributed by atoms with van der Waals surface area (Å²) in [5.74, 6) is 0.724. The van der Waals surface area contributed by atoms with Crippen molar-refractivity contribution >= 4 is 23.3 Å². The molecule has 28 heavy (non-hydrogen) atoms. The largest absolute Gasteiger partial charge is 0.355 e. The average Bonchev–Trinajstić information content (AvgIpc) is 2.70. The quantitative estimate of drug-likeness (QED) is 0.834. The van der Waals surface area contributed by atoms with Crippen LogP contribution in [0, 0.1) is 12.8 Å². The molecule has 6 heteroatoms. The zero-order chi connectivity index (χ0) is 20.1. The topological polar surface area (TPSA) is 74.3 Å². The van der Waals surface area contributed by atoms with Gasteiger partial charge in [-0.05, 0) is 44.0 Å². The molecule has 0 bridgehead atoms. The molecule has 2 aromatic rings. The Morgan fingerprint density at radius 3 is 2.54 bits per heavy atom. The number of anilines is 2. The number of benzene rings is 1. The van der Waals surface area contributed by atoms with Crippen LogP contribution in [0.4, 0.5) is 11.5 Å². The van der Waals surface area contributed by atoms with Crippen molar-refractivity contribution in [1.29, 1.82) is 0 Å². The van der Waals surface area contributed by atoms with Crippen LogP contribution in [0.2, 0.25) is 0 Å². The molecular weight excluding hydrogens is 352 g/mol. The summed E-state index contributed by atoms with van der Waals surface area (Å²) in [5, 5.41) is 5.99. The molecule has 1 unspecified atom stereocenters. The SMILES string of the molecule is Cc1ccc(NC(=O)c2ccc(N3CCCC(NC(=O)C(C)C)C3)nc2)cc1. The molecule has 1 atom stereocenters. The summed E-state index contributed by atoms with van der Waals surface area (Å²) in [7, 11) is 0. The number of aromatic nitrogens is 1. The first-order chi connectivity index (χ1) is 13.4. The first-order valence-corrected chi connectivity index (χ1v) is 9.82. The predicted octanol–water partition coefficient (Wildman–Crippen LogP) is 3.38. The molecule has 0 aliphatic carbocycles. The van der Waals surface area contributed by atoms with Gasteiger partial charge in [-0.2, -0.15) is 0 Å². The molecule has 6 nitrogen and oxygen atoms in total. The van der Waals surface area contributed by atoms with Crippen molar-refractivity contribution in [2.75, 3.05) is 23.3 Å². The lowest BCUT2D eigenvalue weighted by Crippen LogP contribution is -2.49. The Morgan fingerprint density at radius 1 is 1.14 bits per heavy atom. The number of hydrogen-bond acceptors (Lipinski definition) is 4. The molecule has 3 rings (SSSR count). The maximum atomic E-state index is 12.4. The zero-order valence-electron chi connectivity index (χ0n) is 16.7. The van der Waals surface area contributed by atoms with Crippen LogP contribution in [0.25, 0.3) is 0 Å². The number of nitrogens with one attached hydrogen (secondary N) is 2. The summed E-state index contributed by atoms with van der Waals surface area (Å²) in [6.07, 6.45) is 3.58. The van der Waals surface area contributed by atoms with Crippen molar-refractivity contribution < 1.29 is 9.59 Å². The van der Waals surface area contributed by atoms with Crippen LogP contribution in [0.15, 0.2) is 42.6 Å². The third kappa shape index (κ3) is 5.09. The van der Waals surface area contributed by atoms with Gasteiger partial charge in [-0.3, -0.25) is 9.59 Å². The molecule has 1 aliphatic rings. The fraction of sp³-hybridized carbons (Fsp3) is 0.409. The third-order valence-corrected chi connectivity index (χ3v) is 4.94. The average molecular weight is 380 g/mol. The van der Waals surface area contributed by atoms with E-state index in [1.54, 1.807) is 12.3 Å². The number of carbonyl (C=O) groups excluding carboxylic acids is 2. The maximum absolute atomic E-state index is 12.4. The van der Waals surface area contributed by atoms with Gasteiger partial charge in [0, 0.05) is 36.9 Å². The Balaban J connectivity index is 1.60. The van der Waals surface area contributed by atoms with E-state index in [0.29, 0.717) is 5.56 Å². The minimum absolute atomic E-state index is 0.0140. The van der Waals surface area contributed by atoms with Gasteiger partial charge in [0.1, 0.15) is 5.82 Å². The van der Waals surface area contributed by atoms with Gasteiger partial charge in [0.05, 0.1) is 5.56 Å². The van der Waals surface area contributed by atoms with Gasteiger partial charge in [-0.1, -0.05) is 31.5 Å². The van der Waals surface area contributed by atoms with E-state index in [1.807, 2.05) is 51.1 Å². The first kappa shape index (κ1) is 19.9. The first-order valence-electron chi connectivity index (χ1n) is 9.82. The van der Waals surface area contributed by atoms with Gasteiger partial charge in [-0.15, -0.1) is 0 Å². The summed E-state index contributed by atoms with van der Waals surface area (Å²) in [6.45, 7) is 7.44. The monoisotopic (exact) mass is 380 g/mol. The highest BCUT2D eigenvalue weighted by atomic mass is 16.2. The van der Waals surface area contributed by atoms with Crippen molar-refractivity contribution in [2.45, 2.75) is 39.7 Å². The highest BCUT2D eigenvalue weighted by Crippen LogP contribution is 2.19. The van der Waals surface area contributed by atoms with E-state index >= 15 is 0 Å². The molecule has 1 saturated heterocycles. The lowest BCUT2D eigenvalue weighted by molar-refractivity contribution is -0.124. The van der Waals surface area contributed by atoms with Crippen LogP contribution >= 0.6 is 0 Å². The lowest BCUT2D eigenvalue weighted by Gasteiger charge is -2.34. The molecule has 1 aromatic heterocycles. The summed E-state index contributed by atoms with van der Waals surface area (Å²) in [5.41, 5.74) is 2.43. The zero-order valence-corrected chi connectivity index (χ0v) is 16.7. The Labute approximate surface area is 166 Å². The highest BCUT2D eigenvalue weighted by molar-refractivity contribution is 6.04. The van der Waals surface area contributed by atoms with Crippen LogP contribution < -0.4 is 15.5 Å². The fourth-order valence-electron chi connectivity index (χ4n) is 3.22. The van der Waals surface area contributed by atoms with Crippen molar-refractivity contribution in [2.24, 2.45) is 5.92 Å². The molecule has 2 amide bonds. The second kappa shape index (κ2) is 8.87. The van der Waals surface area contributed by atoms with Gasteiger partial charge in [-0.25, -0.2) is 4.98 Å². The second-order valence-electron chi connectivity index (χ2n) is 7.67. The Morgan fingerprint density at radius 2 is 1.89 bits per heavy atom. The summed E-state index contributed by atoms with van der Waals surface area (Å²) >= 11 is 0. The number of pyridine rings is 1. The molecule has 148 valence electrons. The number of nitrogens with zero attached hydrogens (tertiary/aromatic N) is 2. The molecule has 0 saturated carbocycles. The van der Waals surface area contributed by atoms with Gasteiger partial charge < -0.3 is 15.5 Å². The second-order valence-corrected chi connectivity index (χ2v) is 7.67. The summed E-state index contributed by atoms with van der Waals surface area (Å²) in [4.78, 5) is 31.0. The lowest BCUT2D eigenvalue weighted by atomic mass is 10.0. The van der Waals surface area contributed by atoms with E-state index in [0.717, 1.165) is 43.0 Å². The highest BCUT2D eigenvalue weighted by Gasteiger charge is 2.23. The number of rotatable bonds is 5. The van der Waals surface area contributed by atoms with Crippen LogP contribution in [-0.2, 0) is 4.79 Å². The van der Waals surface area contributed by atoms with Crippen LogP contribution in [0.5, 0.6) is 0 Å². The number of aryl methyl sites for hydroxylation is 1. The Bertz CT molecular complexity index is 815. The Hall–Kier alpha value is -2.89. The predicted molar refractivity (Wildman–Crippen MR) is 112 cm³/mol. The minimum Gasteiger partial charge on any atom is -0.355 e. The molecule has 2 heterocycles. The molecule has 2 N–H and O–H groups in total. The fourth-order valence-corrected chi connectivity index (χ4v) is 3.22. The molecular formula is C22H28N4O2. The van der Waals surface area contributed by atoms with Gasteiger partial charge in [0.15, 0.2) is 0 Å². The van der Waals surface area contributed by atoms with Gasteiger partial charge in [0.25, 0.3) is 5.91 Å². The van der Waals surface area contributed by atoms with Crippen LogP contribution in [0.3, 0.4) is 0 Å². The Kier molecular flexibility index (Phi) is 6.29. The summed E-state index contributed by atoms with van der Waals surface area (Å²) in [6, 6.07) is 11.5. The normalized spacial score (nSPS) is 16.7. The number of piperidine rings is 1. The van der Waals surface area contributed by atoms with Crippen LogP contribution in [0.1, 0.15) is 42.6 Å².